The zero-order valence-electron chi connectivity index (χ0n) is 10.3. The second-order valence-electron chi connectivity index (χ2n) is 4.37. The van der Waals surface area contributed by atoms with Crippen LogP contribution in [0.3, 0.4) is 0 Å². The van der Waals surface area contributed by atoms with E-state index >= 15 is 0 Å². The summed E-state index contributed by atoms with van der Waals surface area (Å²) in [6.07, 6.45) is 5.05. The van der Waals surface area contributed by atoms with Crippen molar-refractivity contribution in [2.45, 2.75) is 44.8 Å². The third-order valence-electron chi connectivity index (χ3n) is 3.45. The number of nitrogens with one attached hydrogen (secondary N) is 1. The van der Waals surface area contributed by atoms with Gasteiger partial charge in [-0.15, -0.1) is 0 Å². The van der Waals surface area contributed by atoms with E-state index in [1.165, 1.54) is 19.3 Å². The van der Waals surface area contributed by atoms with Crippen molar-refractivity contribution in [3.63, 3.8) is 0 Å². The maximum absolute atomic E-state index is 5.50. The minimum atomic E-state index is 0.345. The van der Waals surface area contributed by atoms with Gasteiger partial charge in [-0.1, -0.05) is 6.92 Å². The number of hydrogen-bond acceptors (Lipinski definition) is 3. The minimum Gasteiger partial charge on any atom is -0.381 e. The van der Waals surface area contributed by atoms with Crippen LogP contribution < -0.4 is 5.32 Å². The van der Waals surface area contributed by atoms with Gasteiger partial charge in [0.1, 0.15) is 0 Å². The van der Waals surface area contributed by atoms with Gasteiger partial charge in [-0.05, 0) is 38.6 Å². The maximum atomic E-state index is 5.50. The van der Waals surface area contributed by atoms with Gasteiger partial charge in [0.05, 0.1) is 6.10 Å². The van der Waals surface area contributed by atoms with Gasteiger partial charge in [0.25, 0.3) is 0 Å². The molecule has 3 nitrogen and oxygen atoms in total. The summed E-state index contributed by atoms with van der Waals surface area (Å²) in [5.41, 5.74) is 0. The van der Waals surface area contributed by atoms with Crippen LogP contribution in [0.5, 0.6) is 0 Å². The predicted octanol–water partition coefficient (Wildman–Crippen LogP) is 1.82. The van der Waals surface area contributed by atoms with Gasteiger partial charge < -0.3 is 14.8 Å². The zero-order valence-corrected chi connectivity index (χ0v) is 10.3. The molecule has 1 fully saturated rings. The van der Waals surface area contributed by atoms with Crippen LogP contribution in [0.2, 0.25) is 0 Å². The molecule has 0 aromatic carbocycles. The molecule has 1 N–H and O–H groups in total. The number of rotatable bonds is 6. The Balaban J connectivity index is 2.36. The Hall–Kier alpha value is -0.120. The molecule has 15 heavy (non-hydrogen) atoms. The molecule has 3 heteroatoms. The topological polar surface area (TPSA) is 30.5 Å². The van der Waals surface area contributed by atoms with Crippen molar-refractivity contribution >= 4 is 0 Å². The molecular formula is C12H25NO2. The van der Waals surface area contributed by atoms with Crippen LogP contribution >= 0.6 is 0 Å². The summed E-state index contributed by atoms with van der Waals surface area (Å²) in [5.74, 6) is 0.806. The molecule has 0 amide bonds. The Morgan fingerprint density at radius 3 is 2.53 bits per heavy atom. The lowest BCUT2D eigenvalue weighted by Gasteiger charge is -2.30. The molecule has 0 bridgehead atoms. The molecule has 0 spiro atoms. The largest absolute Gasteiger partial charge is 0.381 e. The van der Waals surface area contributed by atoms with E-state index in [0.717, 1.165) is 25.6 Å². The van der Waals surface area contributed by atoms with E-state index in [2.05, 4.69) is 12.2 Å². The van der Waals surface area contributed by atoms with E-state index in [1.54, 1.807) is 0 Å². The smallest absolute Gasteiger partial charge is 0.0721 e. The van der Waals surface area contributed by atoms with Crippen LogP contribution in [0.4, 0.5) is 0 Å². The average molecular weight is 215 g/mol. The fourth-order valence-corrected chi connectivity index (χ4v) is 2.41. The van der Waals surface area contributed by atoms with Crippen LogP contribution in [-0.2, 0) is 9.47 Å². The highest BCUT2D eigenvalue weighted by Crippen LogP contribution is 2.22. The maximum Gasteiger partial charge on any atom is 0.0721 e. The fraction of sp³-hybridized carbons (Fsp3) is 1.00. The Kier molecular flexibility index (Phi) is 6.22. The molecule has 1 heterocycles. The van der Waals surface area contributed by atoms with Gasteiger partial charge in [0.2, 0.25) is 0 Å². The van der Waals surface area contributed by atoms with Gasteiger partial charge in [-0.2, -0.15) is 0 Å². The SMILES string of the molecule is CCC(OC)C(CC1CCOCC1)NC. The lowest BCUT2D eigenvalue weighted by molar-refractivity contribution is 0.0329. The zero-order chi connectivity index (χ0) is 11.1. The highest BCUT2D eigenvalue weighted by Gasteiger charge is 2.23. The van der Waals surface area contributed by atoms with Gasteiger partial charge in [0, 0.05) is 26.4 Å². The molecular weight excluding hydrogens is 190 g/mol. The monoisotopic (exact) mass is 215 g/mol. The van der Waals surface area contributed by atoms with Gasteiger partial charge in [-0.3, -0.25) is 0 Å². The molecule has 0 aromatic heterocycles. The first-order chi connectivity index (χ1) is 7.31. The van der Waals surface area contributed by atoms with Gasteiger partial charge >= 0.3 is 0 Å². The lowest BCUT2D eigenvalue weighted by atomic mass is 9.90. The number of hydrogen-bond donors (Lipinski definition) is 1. The van der Waals surface area contributed by atoms with Crippen LogP contribution in [0.1, 0.15) is 32.6 Å². The van der Waals surface area contributed by atoms with E-state index in [0.29, 0.717) is 12.1 Å². The Labute approximate surface area is 93.5 Å². The summed E-state index contributed by atoms with van der Waals surface area (Å²) in [5, 5.41) is 3.39. The highest BCUT2D eigenvalue weighted by atomic mass is 16.5. The van der Waals surface area contributed by atoms with Gasteiger partial charge in [-0.25, -0.2) is 0 Å². The molecule has 1 aliphatic rings. The molecule has 1 rings (SSSR count). The second kappa shape index (κ2) is 7.20. The summed E-state index contributed by atoms with van der Waals surface area (Å²) >= 11 is 0. The quantitative estimate of drug-likeness (QED) is 0.733. The molecule has 0 aromatic rings. The summed E-state index contributed by atoms with van der Waals surface area (Å²) < 4.78 is 10.9. The van der Waals surface area contributed by atoms with E-state index < -0.39 is 0 Å². The predicted molar refractivity (Wildman–Crippen MR) is 62.1 cm³/mol. The van der Waals surface area contributed by atoms with E-state index in [9.17, 15) is 0 Å². The molecule has 90 valence electrons. The van der Waals surface area contributed by atoms with Crippen LogP contribution in [0.15, 0.2) is 0 Å². The van der Waals surface area contributed by atoms with E-state index in [4.69, 9.17) is 9.47 Å². The minimum absolute atomic E-state index is 0.345. The summed E-state index contributed by atoms with van der Waals surface area (Å²) in [6.45, 7) is 4.05. The third kappa shape index (κ3) is 4.09. The van der Waals surface area contributed by atoms with Gasteiger partial charge in [0.15, 0.2) is 0 Å². The van der Waals surface area contributed by atoms with E-state index in [1.807, 2.05) is 14.2 Å². The van der Waals surface area contributed by atoms with Crippen LogP contribution in [0, 0.1) is 5.92 Å². The van der Waals surface area contributed by atoms with E-state index in [-0.39, 0.29) is 0 Å². The van der Waals surface area contributed by atoms with Crippen LogP contribution in [-0.4, -0.2) is 39.5 Å². The number of ether oxygens (including phenoxy) is 2. The normalized spacial score (nSPS) is 22.6. The van der Waals surface area contributed by atoms with Crippen LogP contribution in [0.25, 0.3) is 0 Å². The lowest BCUT2D eigenvalue weighted by Crippen LogP contribution is -2.40. The molecule has 0 saturated carbocycles. The number of likely N-dealkylation sites (N-methyl/N-ethyl adjacent to an activating group) is 1. The second-order valence-corrected chi connectivity index (χ2v) is 4.37. The van der Waals surface area contributed by atoms with Crippen molar-refractivity contribution in [3.05, 3.63) is 0 Å². The highest BCUT2D eigenvalue weighted by molar-refractivity contribution is 4.79. The average Bonchev–Trinajstić information content (AvgIpc) is 2.30. The first-order valence-corrected chi connectivity index (χ1v) is 6.09. The standard InChI is InChI=1S/C12H25NO2/c1-4-12(14-3)11(13-2)9-10-5-7-15-8-6-10/h10-13H,4-9H2,1-3H3. The molecule has 2 unspecified atom stereocenters. The summed E-state index contributed by atoms with van der Waals surface area (Å²) in [4.78, 5) is 0. The Morgan fingerprint density at radius 2 is 2.07 bits per heavy atom. The Bertz CT molecular complexity index is 154. The van der Waals surface area contributed by atoms with Crippen molar-refractivity contribution in [2.75, 3.05) is 27.4 Å². The summed E-state index contributed by atoms with van der Waals surface area (Å²) in [7, 11) is 3.84. The van der Waals surface area contributed by atoms with Crippen molar-refractivity contribution < 1.29 is 9.47 Å². The Morgan fingerprint density at radius 1 is 1.40 bits per heavy atom. The molecule has 0 radical (unpaired) electrons. The first kappa shape index (κ1) is 12.9. The van der Waals surface area contributed by atoms with Crippen molar-refractivity contribution in [2.24, 2.45) is 5.92 Å². The molecule has 1 saturated heterocycles. The summed E-state index contributed by atoms with van der Waals surface area (Å²) in [6, 6.07) is 0.489. The molecule has 1 aliphatic heterocycles. The fourth-order valence-electron chi connectivity index (χ4n) is 2.41. The first-order valence-electron chi connectivity index (χ1n) is 6.09. The van der Waals surface area contributed by atoms with Crippen molar-refractivity contribution in [3.8, 4) is 0 Å². The number of methoxy groups -OCH3 is 1. The molecule has 0 aliphatic carbocycles. The molecule has 2 atom stereocenters. The van der Waals surface area contributed by atoms with Crippen molar-refractivity contribution in [1.29, 1.82) is 0 Å². The van der Waals surface area contributed by atoms with Crippen molar-refractivity contribution in [1.82, 2.24) is 5.32 Å². The third-order valence-corrected chi connectivity index (χ3v) is 3.45.